The minimum Gasteiger partial charge on any atom is -0.480 e. The van der Waals surface area contributed by atoms with Crippen LogP contribution in [-0.2, 0) is 11.0 Å². The van der Waals surface area contributed by atoms with Gasteiger partial charge in [-0.05, 0) is 0 Å². The Morgan fingerprint density at radius 1 is 1.33 bits per heavy atom. The number of aromatic amines is 1. The third kappa shape index (κ3) is 3.94. The number of anilines is 1. The molecule has 1 fully saturated rings. The summed E-state index contributed by atoms with van der Waals surface area (Å²) in [6.45, 7) is 1.19. The first-order valence-electron chi connectivity index (χ1n) is 6.13. The molecule has 1 aromatic rings. The predicted molar refractivity (Wildman–Crippen MR) is 66.1 cm³/mol. The molecule has 1 saturated heterocycles. The van der Waals surface area contributed by atoms with Crippen LogP contribution in [0.15, 0.2) is 10.9 Å². The molecule has 0 spiro atoms. The van der Waals surface area contributed by atoms with Gasteiger partial charge in [-0.15, -0.1) is 0 Å². The summed E-state index contributed by atoms with van der Waals surface area (Å²) in [5.41, 5.74) is -2.12. The van der Waals surface area contributed by atoms with E-state index in [1.165, 1.54) is 4.90 Å². The van der Waals surface area contributed by atoms with E-state index in [2.05, 4.69) is 9.97 Å². The normalized spacial score (nSPS) is 17.0. The van der Waals surface area contributed by atoms with Gasteiger partial charge in [0.25, 0.3) is 5.56 Å². The Morgan fingerprint density at radius 2 is 1.95 bits per heavy atom. The highest BCUT2D eigenvalue weighted by atomic mass is 19.4. The molecule has 116 valence electrons. The monoisotopic (exact) mass is 306 g/mol. The minimum absolute atomic E-state index is 0.125. The van der Waals surface area contributed by atoms with E-state index in [9.17, 15) is 22.8 Å². The highest BCUT2D eigenvalue weighted by Crippen LogP contribution is 2.27. The number of alkyl halides is 3. The number of hydrogen-bond donors (Lipinski definition) is 2. The van der Waals surface area contributed by atoms with Crippen molar-refractivity contribution in [2.45, 2.75) is 6.18 Å². The summed E-state index contributed by atoms with van der Waals surface area (Å²) in [5.74, 6) is -1.11. The van der Waals surface area contributed by atoms with Crippen LogP contribution in [0.1, 0.15) is 5.69 Å². The van der Waals surface area contributed by atoms with Crippen molar-refractivity contribution in [1.82, 2.24) is 14.9 Å². The number of nitrogens with zero attached hydrogens (tertiary/aromatic N) is 3. The molecule has 0 radical (unpaired) electrons. The van der Waals surface area contributed by atoms with Gasteiger partial charge in [0.15, 0.2) is 5.69 Å². The summed E-state index contributed by atoms with van der Waals surface area (Å²) in [5, 5.41) is 8.67. The molecule has 1 aliphatic rings. The summed E-state index contributed by atoms with van der Waals surface area (Å²) >= 11 is 0. The number of carboxylic acids is 1. The number of carbonyl (C=O) groups is 1. The zero-order chi connectivity index (χ0) is 15.6. The molecule has 2 N–H and O–H groups in total. The Morgan fingerprint density at radius 3 is 2.48 bits per heavy atom. The van der Waals surface area contributed by atoms with E-state index in [1.54, 1.807) is 4.90 Å². The fourth-order valence-corrected chi connectivity index (χ4v) is 2.05. The maximum absolute atomic E-state index is 12.6. The van der Waals surface area contributed by atoms with Crippen molar-refractivity contribution in [2.24, 2.45) is 0 Å². The number of nitrogens with one attached hydrogen (secondary N) is 1. The molecule has 10 heteroatoms. The zero-order valence-corrected chi connectivity index (χ0v) is 10.9. The number of aromatic nitrogens is 2. The number of H-pyrrole nitrogens is 1. The van der Waals surface area contributed by atoms with Crippen LogP contribution < -0.4 is 10.5 Å². The van der Waals surface area contributed by atoms with E-state index < -0.39 is 23.4 Å². The van der Waals surface area contributed by atoms with Gasteiger partial charge in [-0.25, -0.2) is 4.98 Å². The number of rotatable bonds is 3. The number of aliphatic carboxylic acids is 1. The van der Waals surface area contributed by atoms with Crippen LogP contribution in [0.5, 0.6) is 0 Å². The van der Waals surface area contributed by atoms with E-state index in [-0.39, 0.29) is 25.6 Å². The number of carboxylic acid groups (broad SMARTS) is 1. The zero-order valence-electron chi connectivity index (χ0n) is 10.9. The van der Waals surface area contributed by atoms with Crippen LogP contribution in [0, 0.1) is 0 Å². The molecule has 0 amide bonds. The topological polar surface area (TPSA) is 89.5 Å². The van der Waals surface area contributed by atoms with Gasteiger partial charge in [0.05, 0.1) is 6.54 Å². The molecule has 2 rings (SSSR count). The molecule has 0 aliphatic carbocycles. The molecule has 7 nitrogen and oxygen atoms in total. The fraction of sp³-hybridized carbons (Fsp3) is 0.545. The van der Waals surface area contributed by atoms with Crippen LogP contribution in [0.4, 0.5) is 19.1 Å². The summed E-state index contributed by atoms with van der Waals surface area (Å²) in [7, 11) is 0. The average Bonchev–Trinajstić information content (AvgIpc) is 2.37. The van der Waals surface area contributed by atoms with Gasteiger partial charge < -0.3 is 10.0 Å². The molecular weight excluding hydrogens is 293 g/mol. The van der Waals surface area contributed by atoms with Crippen molar-refractivity contribution in [3.8, 4) is 0 Å². The van der Waals surface area contributed by atoms with Crippen LogP contribution in [0.3, 0.4) is 0 Å². The van der Waals surface area contributed by atoms with Gasteiger partial charge in [0.1, 0.15) is 0 Å². The van der Waals surface area contributed by atoms with Crippen LogP contribution in [0.25, 0.3) is 0 Å². The molecule has 0 atom stereocenters. The predicted octanol–water partition coefficient (Wildman–Crippen LogP) is -0.00470. The average molecular weight is 306 g/mol. The van der Waals surface area contributed by atoms with Crippen molar-refractivity contribution in [2.75, 3.05) is 37.6 Å². The van der Waals surface area contributed by atoms with E-state index in [1.807, 2.05) is 0 Å². The Bertz CT molecular complexity index is 579. The highest BCUT2D eigenvalue weighted by Gasteiger charge is 2.34. The summed E-state index contributed by atoms with van der Waals surface area (Å²) in [6, 6.07) is 0.407. The lowest BCUT2D eigenvalue weighted by molar-refractivity contribution is -0.141. The van der Waals surface area contributed by atoms with Gasteiger partial charge >= 0.3 is 12.1 Å². The summed E-state index contributed by atoms with van der Waals surface area (Å²) in [4.78, 5) is 30.7. The van der Waals surface area contributed by atoms with Gasteiger partial charge in [0.2, 0.25) is 5.95 Å². The Hall–Kier alpha value is -2.10. The van der Waals surface area contributed by atoms with E-state index in [0.29, 0.717) is 19.2 Å². The fourth-order valence-electron chi connectivity index (χ4n) is 2.05. The van der Waals surface area contributed by atoms with Crippen LogP contribution >= 0.6 is 0 Å². The third-order valence-electron chi connectivity index (χ3n) is 3.05. The molecular formula is C11H13F3N4O3. The number of hydrogen-bond acceptors (Lipinski definition) is 5. The lowest BCUT2D eigenvalue weighted by Gasteiger charge is -2.34. The molecule has 2 heterocycles. The Labute approximate surface area is 117 Å². The smallest absolute Gasteiger partial charge is 0.433 e. The second kappa shape index (κ2) is 5.72. The van der Waals surface area contributed by atoms with Crippen molar-refractivity contribution in [3.05, 3.63) is 22.1 Å². The maximum atomic E-state index is 12.6. The first-order valence-corrected chi connectivity index (χ1v) is 6.13. The Kier molecular flexibility index (Phi) is 4.16. The van der Waals surface area contributed by atoms with Crippen molar-refractivity contribution < 1.29 is 23.1 Å². The standard InChI is InChI=1S/C11H13F3N4O3/c12-11(13,14)7-5-8(19)16-10(15-7)18-3-1-17(2-4-18)6-9(20)21/h5H,1-4,6H2,(H,20,21)(H,15,16,19). The first-order chi connectivity index (χ1) is 9.75. The second-order valence-electron chi connectivity index (χ2n) is 4.61. The number of halogens is 3. The lowest BCUT2D eigenvalue weighted by atomic mass is 10.3. The molecule has 0 bridgehead atoms. The molecule has 0 saturated carbocycles. The quantitative estimate of drug-likeness (QED) is 0.817. The SMILES string of the molecule is O=C(O)CN1CCN(c2nc(C(F)(F)F)cc(=O)[nH]2)CC1. The van der Waals surface area contributed by atoms with Crippen molar-refractivity contribution >= 4 is 11.9 Å². The van der Waals surface area contributed by atoms with Gasteiger partial charge in [-0.1, -0.05) is 0 Å². The molecule has 1 aromatic heterocycles. The molecule has 1 aliphatic heterocycles. The molecule has 0 aromatic carbocycles. The van der Waals surface area contributed by atoms with Crippen LogP contribution in [-0.4, -0.2) is 58.7 Å². The van der Waals surface area contributed by atoms with Crippen molar-refractivity contribution in [3.63, 3.8) is 0 Å². The van der Waals surface area contributed by atoms with Gasteiger partial charge in [-0.3, -0.25) is 19.5 Å². The maximum Gasteiger partial charge on any atom is 0.433 e. The largest absolute Gasteiger partial charge is 0.480 e. The summed E-state index contributed by atoms with van der Waals surface area (Å²) in [6.07, 6.45) is -4.69. The number of piperazine rings is 1. The minimum atomic E-state index is -4.69. The first kappa shape index (κ1) is 15.3. The van der Waals surface area contributed by atoms with Gasteiger partial charge in [-0.2, -0.15) is 13.2 Å². The van der Waals surface area contributed by atoms with E-state index in [0.717, 1.165) is 0 Å². The van der Waals surface area contributed by atoms with Crippen LogP contribution in [0.2, 0.25) is 0 Å². The van der Waals surface area contributed by atoms with Crippen molar-refractivity contribution in [1.29, 1.82) is 0 Å². The highest BCUT2D eigenvalue weighted by molar-refractivity contribution is 5.69. The Balaban J connectivity index is 2.12. The third-order valence-corrected chi connectivity index (χ3v) is 3.05. The van der Waals surface area contributed by atoms with E-state index >= 15 is 0 Å². The molecule has 21 heavy (non-hydrogen) atoms. The lowest BCUT2D eigenvalue weighted by Crippen LogP contribution is -2.48. The molecule has 0 unspecified atom stereocenters. The summed E-state index contributed by atoms with van der Waals surface area (Å²) < 4.78 is 37.8. The van der Waals surface area contributed by atoms with E-state index in [4.69, 9.17) is 5.11 Å². The van der Waals surface area contributed by atoms with Gasteiger partial charge in [0, 0.05) is 32.2 Å². The second-order valence-corrected chi connectivity index (χ2v) is 4.61.